The molecule has 0 fully saturated rings. The Morgan fingerprint density at radius 1 is 1.31 bits per heavy atom. The van der Waals surface area contributed by atoms with Crippen LogP contribution in [0.3, 0.4) is 0 Å². The van der Waals surface area contributed by atoms with Crippen LogP contribution in [-0.2, 0) is 0 Å². The maximum Gasteiger partial charge on any atom is 0.0134 e. The Morgan fingerprint density at radius 3 is 2.46 bits per heavy atom. The largest absolute Gasteiger partial charge is 0.327 e. The SMILES string of the molecule is C=C(CN)CCCC(CC)CCC. The van der Waals surface area contributed by atoms with Crippen molar-refractivity contribution >= 4 is 0 Å². The Balaban J connectivity index is 3.42. The Hall–Kier alpha value is -0.300. The van der Waals surface area contributed by atoms with Gasteiger partial charge < -0.3 is 5.73 Å². The number of nitrogens with two attached hydrogens (primary N) is 1. The summed E-state index contributed by atoms with van der Waals surface area (Å²) in [6, 6.07) is 0. The van der Waals surface area contributed by atoms with Crippen molar-refractivity contribution in [3.05, 3.63) is 12.2 Å². The standard InChI is InChI=1S/C12H25N/c1-4-7-12(5-2)9-6-8-11(3)10-13/h12H,3-10,13H2,1-2H3. The molecule has 2 N–H and O–H groups in total. The van der Waals surface area contributed by atoms with E-state index in [0.717, 1.165) is 12.3 Å². The molecule has 0 aromatic rings. The molecule has 0 aromatic heterocycles. The highest BCUT2D eigenvalue weighted by Gasteiger charge is 2.04. The van der Waals surface area contributed by atoms with Crippen LogP contribution < -0.4 is 5.73 Å². The van der Waals surface area contributed by atoms with Gasteiger partial charge in [0.15, 0.2) is 0 Å². The van der Waals surface area contributed by atoms with Crippen molar-refractivity contribution in [2.24, 2.45) is 11.7 Å². The van der Waals surface area contributed by atoms with Gasteiger partial charge in [0.2, 0.25) is 0 Å². The number of hydrogen-bond donors (Lipinski definition) is 1. The average Bonchev–Trinajstić information content (AvgIpc) is 2.16. The Kier molecular flexibility index (Phi) is 8.11. The van der Waals surface area contributed by atoms with E-state index in [1.807, 2.05) is 0 Å². The van der Waals surface area contributed by atoms with Crippen molar-refractivity contribution < 1.29 is 0 Å². The first kappa shape index (κ1) is 12.7. The van der Waals surface area contributed by atoms with Gasteiger partial charge in [0.25, 0.3) is 0 Å². The first-order valence-corrected chi connectivity index (χ1v) is 5.61. The molecular formula is C12H25N. The van der Waals surface area contributed by atoms with Crippen molar-refractivity contribution in [2.45, 2.75) is 52.4 Å². The maximum atomic E-state index is 5.48. The van der Waals surface area contributed by atoms with Crippen molar-refractivity contribution in [2.75, 3.05) is 6.54 Å². The highest BCUT2D eigenvalue weighted by atomic mass is 14.5. The Morgan fingerprint density at radius 2 is 2.00 bits per heavy atom. The lowest BCUT2D eigenvalue weighted by atomic mass is 9.93. The van der Waals surface area contributed by atoms with E-state index < -0.39 is 0 Å². The second-order valence-corrected chi connectivity index (χ2v) is 3.91. The minimum absolute atomic E-state index is 0.657. The van der Waals surface area contributed by atoms with Crippen LogP contribution in [0.15, 0.2) is 12.2 Å². The summed E-state index contributed by atoms with van der Waals surface area (Å²) in [5.41, 5.74) is 6.68. The molecule has 1 atom stereocenters. The van der Waals surface area contributed by atoms with Crippen LogP contribution in [0.5, 0.6) is 0 Å². The third-order valence-corrected chi connectivity index (χ3v) is 2.71. The van der Waals surface area contributed by atoms with Gasteiger partial charge in [-0.3, -0.25) is 0 Å². The summed E-state index contributed by atoms with van der Waals surface area (Å²) in [6.45, 7) is 9.13. The smallest absolute Gasteiger partial charge is 0.0134 e. The zero-order valence-corrected chi connectivity index (χ0v) is 9.31. The molecule has 0 rings (SSSR count). The Bertz CT molecular complexity index is 129. The van der Waals surface area contributed by atoms with Gasteiger partial charge >= 0.3 is 0 Å². The van der Waals surface area contributed by atoms with Gasteiger partial charge in [-0.2, -0.15) is 0 Å². The van der Waals surface area contributed by atoms with Gasteiger partial charge in [-0.05, 0) is 18.8 Å². The van der Waals surface area contributed by atoms with E-state index in [2.05, 4.69) is 20.4 Å². The van der Waals surface area contributed by atoms with Gasteiger partial charge in [-0.25, -0.2) is 0 Å². The van der Waals surface area contributed by atoms with Crippen LogP contribution in [-0.4, -0.2) is 6.54 Å². The molecule has 0 aliphatic heterocycles. The van der Waals surface area contributed by atoms with Gasteiger partial charge in [0, 0.05) is 6.54 Å². The third kappa shape index (κ3) is 6.83. The fourth-order valence-electron chi connectivity index (χ4n) is 1.70. The molecule has 0 spiro atoms. The third-order valence-electron chi connectivity index (χ3n) is 2.71. The molecule has 78 valence electrons. The summed E-state index contributed by atoms with van der Waals surface area (Å²) < 4.78 is 0. The molecule has 0 amide bonds. The zero-order chi connectivity index (χ0) is 10.1. The molecule has 0 aliphatic rings. The van der Waals surface area contributed by atoms with Crippen molar-refractivity contribution in [1.82, 2.24) is 0 Å². The highest BCUT2D eigenvalue weighted by Crippen LogP contribution is 2.19. The number of rotatable bonds is 8. The van der Waals surface area contributed by atoms with E-state index in [1.54, 1.807) is 0 Å². The lowest BCUT2D eigenvalue weighted by Crippen LogP contribution is -2.03. The predicted octanol–water partition coefficient (Wildman–Crippen LogP) is 3.50. The molecule has 0 radical (unpaired) electrons. The molecule has 1 nitrogen and oxygen atoms in total. The van der Waals surface area contributed by atoms with Crippen LogP contribution in [0.2, 0.25) is 0 Å². The van der Waals surface area contributed by atoms with E-state index in [4.69, 9.17) is 5.73 Å². The molecule has 0 aromatic carbocycles. The van der Waals surface area contributed by atoms with Gasteiger partial charge in [0.05, 0.1) is 0 Å². The van der Waals surface area contributed by atoms with Gasteiger partial charge in [0.1, 0.15) is 0 Å². The van der Waals surface area contributed by atoms with Crippen LogP contribution >= 0.6 is 0 Å². The zero-order valence-electron chi connectivity index (χ0n) is 9.31. The molecular weight excluding hydrogens is 158 g/mol. The topological polar surface area (TPSA) is 26.0 Å². The van der Waals surface area contributed by atoms with Crippen molar-refractivity contribution in [3.8, 4) is 0 Å². The van der Waals surface area contributed by atoms with E-state index >= 15 is 0 Å². The minimum atomic E-state index is 0.657. The van der Waals surface area contributed by atoms with Gasteiger partial charge in [-0.15, -0.1) is 0 Å². The van der Waals surface area contributed by atoms with Crippen molar-refractivity contribution in [1.29, 1.82) is 0 Å². The first-order valence-electron chi connectivity index (χ1n) is 5.61. The molecule has 1 heteroatoms. The summed E-state index contributed by atoms with van der Waals surface area (Å²) in [7, 11) is 0. The summed E-state index contributed by atoms with van der Waals surface area (Å²) >= 11 is 0. The molecule has 0 saturated heterocycles. The second-order valence-electron chi connectivity index (χ2n) is 3.91. The first-order chi connectivity index (χ1) is 6.24. The average molecular weight is 183 g/mol. The number of hydrogen-bond acceptors (Lipinski definition) is 1. The lowest BCUT2D eigenvalue weighted by molar-refractivity contribution is 0.419. The van der Waals surface area contributed by atoms with E-state index in [1.165, 1.54) is 37.7 Å². The fraction of sp³-hybridized carbons (Fsp3) is 0.833. The minimum Gasteiger partial charge on any atom is -0.327 e. The van der Waals surface area contributed by atoms with Crippen LogP contribution in [0, 0.1) is 5.92 Å². The maximum absolute atomic E-state index is 5.48. The summed E-state index contributed by atoms with van der Waals surface area (Å²) in [6.07, 6.45) is 7.76. The summed E-state index contributed by atoms with van der Waals surface area (Å²) in [4.78, 5) is 0. The molecule has 0 heterocycles. The molecule has 13 heavy (non-hydrogen) atoms. The second kappa shape index (κ2) is 8.31. The Labute approximate surface area is 83.4 Å². The fourth-order valence-corrected chi connectivity index (χ4v) is 1.70. The van der Waals surface area contributed by atoms with E-state index in [-0.39, 0.29) is 0 Å². The molecule has 0 bridgehead atoms. The van der Waals surface area contributed by atoms with Crippen LogP contribution in [0.25, 0.3) is 0 Å². The van der Waals surface area contributed by atoms with E-state index in [9.17, 15) is 0 Å². The molecule has 1 unspecified atom stereocenters. The van der Waals surface area contributed by atoms with E-state index in [0.29, 0.717) is 6.54 Å². The summed E-state index contributed by atoms with van der Waals surface area (Å²) in [5, 5.41) is 0. The molecule has 0 saturated carbocycles. The van der Waals surface area contributed by atoms with Crippen LogP contribution in [0.1, 0.15) is 52.4 Å². The van der Waals surface area contributed by atoms with Crippen molar-refractivity contribution in [3.63, 3.8) is 0 Å². The summed E-state index contributed by atoms with van der Waals surface area (Å²) in [5.74, 6) is 0.926. The quantitative estimate of drug-likeness (QED) is 0.573. The van der Waals surface area contributed by atoms with Crippen LogP contribution in [0.4, 0.5) is 0 Å². The predicted molar refractivity (Wildman–Crippen MR) is 60.7 cm³/mol. The highest BCUT2D eigenvalue weighted by molar-refractivity contribution is 4.94. The lowest BCUT2D eigenvalue weighted by Gasteiger charge is -2.13. The monoisotopic (exact) mass is 183 g/mol. The normalized spacial score (nSPS) is 12.8. The van der Waals surface area contributed by atoms with Gasteiger partial charge in [-0.1, -0.05) is 51.7 Å². The molecule has 0 aliphatic carbocycles.